The number of amides is 3. The summed E-state index contributed by atoms with van der Waals surface area (Å²) in [5.41, 5.74) is -1.17. The summed E-state index contributed by atoms with van der Waals surface area (Å²) in [6, 6.07) is 0. The minimum absolute atomic E-state index is 0.256. The molecule has 0 aromatic carbocycles. The summed E-state index contributed by atoms with van der Waals surface area (Å²) in [5, 5.41) is 10.5. The van der Waals surface area contributed by atoms with Crippen LogP contribution in [0.25, 0.3) is 0 Å². The van der Waals surface area contributed by atoms with Crippen LogP contribution in [-0.2, 0) is 23.9 Å². The third-order valence-electron chi connectivity index (χ3n) is 2.54. The van der Waals surface area contributed by atoms with Gasteiger partial charge in [-0.1, -0.05) is 0 Å². The fourth-order valence-electron chi connectivity index (χ4n) is 1.49. The summed E-state index contributed by atoms with van der Waals surface area (Å²) in [5.74, 6) is -2.96. The Kier molecular flexibility index (Phi) is 4.02. The fourth-order valence-corrected chi connectivity index (χ4v) is 1.49. The second kappa shape index (κ2) is 5.13. The molecule has 0 aromatic rings. The molecule has 1 saturated heterocycles. The molecule has 1 heterocycles. The summed E-state index contributed by atoms with van der Waals surface area (Å²) < 4.78 is 4.64. The Bertz CT molecular complexity index is 403. The molecule has 8 heteroatoms. The van der Waals surface area contributed by atoms with Gasteiger partial charge in [0.15, 0.2) is 0 Å². The Labute approximate surface area is 103 Å². The van der Waals surface area contributed by atoms with Crippen molar-refractivity contribution in [2.75, 3.05) is 19.8 Å². The third kappa shape index (κ3) is 3.04. The Morgan fingerprint density at radius 1 is 1.39 bits per heavy atom. The number of nitrogens with zero attached hydrogens (tertiary/aromatic N) is 1. The zero-order valence-electron chi connectivity index (χ0n) is 10.1. The number of carboxylic acid groups (broad SMARTS) is 1. The smallest absolute Gasteiger partial charge is 0.329 e. The molecule has 0 aliphatic carbocycles. The first-order valence-corrected chi connectivity index (χ1v) is 5.19. The maximum Gasteiger partial charge on any atom is 0.329 e. The average Bonchev–Trinajstić information content (AvgIpc) is 2.23. The Morgan fingerprint density at radius 2 is 2.00 bits per heavy atom. The topological polar surface area (TPSA) is 113 Å². The molecule has 0 aromatic heterocycles. The van der Waals surface area contributed by atoms with Crippen LogP contribution in [0.4, 0.5) is 0 Å². The van der Waals surface area contributed by atoms with Crippen LogP contribution >= 0.6 is 0 Å². The van der Waals surface area contributed by atoms with E-state index >= 15 is 0 Å². The highest BCUT2D eigenvalue weighted by atomic mass is 16.5. The Balaban J connectivity index is 2.67. The average molecular weight is 258 g/mol. The number of carboxylic acids is 1. The van der Waals surface area contributed by atoms with E-state index in [-0.39, 0.29) is 6.54 Å². The molecule has 8 nitrogen and oxygen atoms in total. The van der Waals surface area contributed by atoms with Crippen molar-refractivity contribution in [2.24, 2.45) is 0 Å². The van der Waals surface area contributed by atoms with E-state index in [1.807, 2.05) is 0 Å². The largest absolute Gasteiger partial charge is 0.480 e. The van der Waals surface area contributed by atoms with Crippen LogP contribution in [-0.4, -0.2) is 59.0 Å². The van der Waals surface area contributed by atoms with Gasteiger partial charge >= 0.3 is 5.97 Å². The summed E-state index contributed by atoms with van der Waals surface area (Å²) in [7, 11) is 0. The van der Waals surface area contributed by atoms with E-state index in [4.69, 9.17) is 5.11 Å². The number of ether oxygens (including phenoxy) is 1. The van der Waals surface area contributed by atoms with Gasteiger partial charge in [0, 0.05) is 0 Å². The van der Waals surface area contributed by atoms with E-state index in [1.54, 1.807) is 0 Å². The number of aliphatic carboxylic acids is 1. The van der Waals surface area contributed by atoms with Gasteiger partial charge in [0.25, 0.3) is 5.91 Å². The van der Waals surface area contributed by atoms with Crippen LogP contribution in [0.3, 0.4) is 0 Å². The molecular weight excluding hydrogens is 244 g/mol. The van der Waals surface area contributed by atoms with Gasteiger partial charge in [-0.25, -0.2) is 4.79 Å². The Hall–Kier alpha value is -1.96. The van der Waals surface area contributed by atoms with Crippen LogP contribution in [0, 0.1) is 0 Å². The van der Waals surface area contributed by atoms with Gasteiger partial charge in [-0.2, -0.15) is 0 Å². The first-order chi connectivity index (χ1) is 8.25. The minimum atomic E-state index is -1.20. The molecule has 0 unspecified atom stereocenters. The SMILES string of the molecule is CC1(C)C(=O)NC(=O)CN1C(=O)COCC(=O)O. The maximum atomic E-state index is 11.8. The molecule has 0 saturated carbocycles. The highest BCUT2D eigenvalue weighted by Gasteiger charge is 2.43. The second-order valence-corrected chi connectivity index (χ2v) is 4.30. The van der Waals surface area contributed by atoms with Crippen molar-refractivity contribution in [1.82, 2.24) is 10.2 Å². The van der Waals surface area contributed by atoms with Crippen LogP contribution in [0.2, 0.25) is 0 Å². The Morgan fingerprint density at radius 3 is 2.56 bits per heavy atom. The number of carbonyl (C=O) groups is 4. The fraction of sp³-hybridized carbons (Fsp3) is 0.600. The van der Waals surface area contributed by atoms with Gasteiger partial charge in [0.05, 0.1) is 0 Å². The molecule has 18 heavy (non-hydrogen) atoms. The first-order valence-electron chi connectivity index (χ1n) is 5.19. The quantitative estimate of drug-likeness (QED) is 0.584. The monoisotopic (exact) mass is 258 g/mol. The van der Waals surface area contributed by atoms with Crippen LogP contribution < -0.4 is 5.32 Å². The summed E-state index contributed by atoms with van der Waals surface area (Å²) in [4.78, 5) is 45.8. The van der Waals surface area contributed by atoms with Crippen molar-refractivity contribution in [3.8, 4) is 0 Å². The molecule has 3 amide bonds. The lowest BCUT2D eigenvalue weighted by Gasteiger charge is -2.39. The van der Waals surface area contributed by atoms with E-state index in [1.165, 1.54) is 13.8 Å². The number of rotatable bonds is 4. The van der Waals surface area contributed by atoms with Gasteiger partial charge < -0.3 is 14.7 Å². The number of imide groups is 1. The summed E-state index contributed by atoms with van der Waals surface area (Å²) >= 11 is 0. The summed E-state index contributed by atoms with van der Waals surface area (Å²) in [6.07, 6.45) is 0. The third-order valence-corrected chi connectivity index (χ3v) is 2.54. The van der Waals surface area contributed by atoms with Crippen molar-refractivity contribution >= 4 is 23.7 Å². The minimum Gasteiger partial charge on any atom is -0.480 e. The van der Waals surface area contributed by atoms with Crippen molar-refractivity contribution in [3.05, 3.63) is 0 Å². The van der Waals surface area contributed by atoms with Crippen LogP contribution in [0.5, 0.6) is 0 Å². The number of hydrogen-bond donors (Lipinski definition) is 2. The molecule has 0 bridgehead atoms. The number of hydrogen-bond acceptors (Lipinski definition) is 5. The van der Waals surface area contributed by atoms with E-state index in [2.05, 4.69) is 10.1 Å². The van der Waals surface area contributed by atoms with Gasteiger partial charge in [-0.15, -0.1) is 0 Å². The zero-order chi connectivity index (χ0) is 13.9. The van der Waals surface area contributed by atoms with Crippen molar-refractivity contribution < 1.29 is 29.0 Å². The predicted molar refractivity (Wildman–Crippen MR) is 57.4 cm³/mol. The zero-order valence-corrected chi connectivity index (χ0v) is 10.1. The molecule has 2 N–H and O–H groups in total. The normalized spacial score (nSPS) is 18.4. The molecule has 1 fully saturated rings. The summed E-state index contributed by atoms with van der Waals surface area (Å²) in [6.45, 7) is 1.62. The lowest BCUT2D eigenvalue weighted by atomic mass is 9.99. The predicted octanol–water partition coefficient (Wildman–Crippen LogP) is -1.65. The highest BCUT2D eigenvalue weighted by Crippen LogP contribution is 2.18. The van der Waals surface area contributed by atoms with Gasteiger partial charge in [-0.05, 0) is 13.8 Å². The standard InChI is InChI=1S/C10H14N2O6/c1-10(2)9(17)11-6(13)3-12(10)7(14)4-18-5-8(15)16/h3-5H2,1-2H3,(H,15,16)(H,11,13,17). The van der Waals surface area contributed by atoms with Crippen molar-refractivity contribution in [1.29, 1.82) is 0 Å². The number of piperazine rings is 1. The molecule has 0 radical (unpaired) electrons. The van der Waals surface area contributed by atoms with Crippen LogP contribution in [0.1, 0.15) is 13.8 Å². The van der Waals surface area contributed by atoms with Gasteiger partial charge in [-0.3, -0.25) is 19.7 Å². The van der Waals surface area contributed by atoms with E-state index in [0.29, 0.717) is 0 Å². The molecular formula is C10H14N2O6. The molecule has 100 valence electrons. The first kappa shape index (κ1) is 14.1. The van der Waals surface area contributed by atoms with Crippen molar-refractivity contribution in [2.45, 2.75) is 19.4 Å². The highest BCUT2D eigenvalue weighted by molar-refractivity contribution is 6.06. The van der Waals surface area contributed by atoms with E-state index in [9.17, 15) is 19.2 Å². The van der Waals surface area contributed by atoms with Gasteiger partial charge in [0.1, 0.15) is 25.3 Å². The lowest BCUT2D eigenvalue weighted by molar-refractivity contribution is -0.159. The maximum absolute atomic E-state index is 11.8. The molecule has 0 spiro atoms. The van der Waals surface area contributed by atoms with E-state index < -0.39 is 42.4 Å². The molecule has 1 rings (SSSR count). The molecule has 0 atom stereocenters. The van der Waals surface area contributed by atoms with Crippen LogP contribution in [0.15, 0.2) is 0 Å². The lowest BCUT2D eigenvalue weighted by Crippen LogP contribution is -2.66. The van der Waals surface area contributed by atoms with Crippen molar-refractivity contribution in [3.63, 3.8) is 0 Å². The van der Waals surface area contributed by atoms with Gasteiger partial charge in [0.2, 0.25) is 11.8 Å². The second-order valence-electron chi connectivity index (χ2n) is 4.30. The number of carbonyl (C=O) groups excluding carboxylic acids is 3. The van der Waals surface area contributed by atoms with E-state index in [0.717, 1.165) is 4.90 Å². The number of nitrogens with one attached hydrogen (secondary N) is 1. The molecule has 1 aliphatic rings. The molecule has 1 aliphatic heterocycles.